The van der Waals surface area contributed by atoms with Crippen LogP contribution in [-0.2, 0) is 9.53 Å². The van der Waals surface area contributed by atoms with Crippen molar-refractivity contribution < 1.29 is 19.7 Å². The van der Waals surface area contributed by atoms with Crippen molar-refractivity contribution in [2.45, 2.75) is 125 Å². The van der Waals surface area contributed by atoms with Gasteiger partial charge in [-0.3, -0.25) is 0 Å². The van der Waals surface area contributed by atoms with Gasteiger partial charge in [0, 0.05) is 11.5 Å². The standard InChI is InChI=1S/C40H58O4/c1-25(2)28-18-22-38(7)32(42)24-39(8)31(40(28,38)9)16-15-30-36(5)21-20-33(35(3,4)29(36)19-23-37(30,39)6)44-34(43)17-12-26-10-13-27(41)14-11-26/h10-14,17,28-33,41-42H,1,15-16,18-24H2,2-9H3. The first-order valence-electron chi connectivity index (χ1n) is 17.5. The maximum atomic E-state index is 13.0. The van der Waals surface area contributed by atoms with E-state index >= 15 is 0 Å². The van der Waals surface area contributed by atoms with E-state index in [-0.39, 0.29) is 56.4 Å². The molecule has 242 valence electrons. The Morgan fingerprint density at radius 3 is 2.14 bits per heavy atom. The van der Waals surface area contributed by atoms with Crippen molar-refractivity contribution in [3.05, 3.63) is 48.1 Å². The molecule has 4 nitrogen and oxygen atoms in total. The highest BCUT2D eigenvalue weighted by Crippen LogP contribution is 2.80. The lowest BCUT2D eigenvalue weighted by Crippen LogP contribution is -2.70. The number of rotatable bonds is 4. The van der Waals surface area contributed by atoms with Gasteiger partial charge in [0.2, 0.25) is 0 Å². The number of hydrogen-bond donors (Lipinski definition) is 2. The minimum Gasteiger partial charge on any atom is -0.508 e. The molecule has 0 saturated heterocycles. The predicted molar refractivity (Wildman–Crippen MR) is 178 cm³/mol. The van der Waals surface area contributed by atoms with Crippen molar-refractivity contribution in [1.29, 1.82) is 0 Å². The molecule has 0 heterocycles. The van der Waals surface area contributed by atoms with Crippen LogP contribution in [-0.4, -0.2) is 28.4 Å². The van der Waals surface area contributed by atoms with Gasteiger partial charge in [0.15, 0.2) is 0 Å². The molecule has 5 aliphatic carbocycles. The summed E-state index contributed by atoms with van der Waals surface area (Å²) in [6.45, 7) is 24.1. The molecule has 5 saturated carbocycles. The summed E-state index contributed by atoms with van der Waals surface area (Å²) in [5.74, 6) is 2.05. The summed E-state index contributed by atoms with van der Waals surface area (Å²) in [7, 11) is 0. The molecular formula is C40H58O4. The molecule has 1 aromatic rings. The highest BCUT2D eigenvalue weighted by Gasteiger charge is 2.75. The number of carbonyl (C=O) groups excluding carboxylic acids is 1. The molecule has 11 unspecified atom stereocenters. The van der Waals surface area contributed by atoms with Gasteiger partial charge in [0.05, 0.1) is 6.10 Å². The van der Waals surface area contributed by atoms with Crippen LogP contribution in [0.3, 0.4) is 0 Å². The van der Waals surface area contributed by atoms with E-state index in [4.69, 9.17) is 4.74 Å². The normalized spacial score (nSPS) is 47.7. The van der Waals surface area contributed by atoms with E-state index < -0.39 is 0 Å². The van der Waals surface area contributed by atoms with Crippen molar-refractivity contribution in [1.82, 2.24) is 0 Å². The summed E-state index contributed by atoms with van der Waals surface area (Å²) in [6.07, 6.45) is 12.9. The van der Waals surface area contributed by atoms with Crippen molar-refractivity contribution >= 4 is 12.0 Å². The van der Waals surface area contributed by atoms with Crippen molar-refractivity contribution in [2.24, 2.45) is 56.2 Å². The van der Waals surface area contributed by atoms with Gasteiger partial charge >= 0.3 is 5.97 Å². The number of hydrogen-bond acceptors (Lipinski definition) is 4. The molecule has 6 rings (SSSR count). The third-order valence-electron chi connectivity index (χ3n) is 15.9. The summed E-state index contributed by atoms with van der Waals surface area (Å²) >= 11 is 0. The fraction of sp³-hybridized carbons (Fsp3) is 0.725. The molecule has 0 radical (unpaired) electrons. The number of phenols is 1. The largest absolute Gasteiger partial charge is 0.508 e. The first-order valence-corrected chi connectivity index (χ1v) is 17.5. The highest BCUT2D eigenvalue weighted by atomic mass is 16.5. The van der Waals surface area contributed by atoms with Crippen LogP contribution in [0.2, 0.25) is 0 Å². The average molecular weight is 603 g/mol. The van der Waals surface area contributed by atoms with Gasteiger partial charge in [-0.25, -0.2) is 4.79 Å². The molecule has 1 aromatic carbocycles. The van der Waals surface area contributed by atoms with Gasteiger partial charge < -0.3 is 14.9 Å². The van der Waals surface area contributed by atoms with Gasteiger partial charge in [0.25, 0.3) is 0 Å². The number of aromatic hydroxyl groups is 1. The van der Waals surface area contributed by atoms with Crippen molar-refractivity contribution in [3.8, 4) is 5.75 Å². The first-order chi connectivity index (χ1) is 20.4. The summed E-state index contributed by atoms with van der Waals surface area (Å²) < 4.78 is 6.22. The highest BCUT2D eigenvalue weighted by molar-refractivity contribution is 5.87. The molecule has 11 atom stereocenters. The Morgan fingerprint density at radius 1 is 0.841 bits per heavy atom. The Morgan fingerprint density at radius 2 is 1.48 bits per heavy atom. The van der Waals surface area contributed by atoms with Crippen LogP contribution in [0.1, 0.15) is 119 Å². The second-order valence-electron chi connectivity index (χ2n) is 17.7. The quantitative estimate of drug-likeness (QED) is 0.205. The Balaban J connectivity index is 1.26. The second-order valence-corrected chi connectivity index (χ2v) is 17.7. The SMILES string of the molecule is C=C(C)C1CCC2(C)C(O)CC3(C)C(CCC4C5(C)CCC(OC(=O)C=Cc6ccc(O)cc6)C(C)(C)C5CCC43C)C12C. The predicted octanol–water partition coefficient (Wildman–Crippen LogP) is 9.36. The van der Waals surface area contributed by atoms with Crippen LogP contribution >= 0.6 is 0 Å². The lowest BCUT2D eigenvalue weighted by molar-refractivity contribution is -0.282. The number of allylic oxidation sites excluding steroid dienone is 1. The van der Waals surface area contributed by atoms with E-state index in [1.807, 2.05) is 0 Å². The van der Waals surface area contributed by atoms with Gasteiger partial charge in [0.1, 0.15) is 11.9 Å². The summed E-state index contributed by atoms with van der Waals surface area (Å²) in [4.78, 5) is 13.0. The van der Waals surface area contributed by atoms with E-state index in [1.165, 1.54) is 30.9 Å². The molecule has 0 aromatic heterocycles. The summed E-state index contributed by atoms with van der Waals surface area (Å²) in [6, 6.07) is 6.84. The molecule has 44 heavy (non-hydrogen) atoms. The van der Waals surface area contributed by atoms with Gasteiger partial charge in [-0.15, -0.1) is 0 Å². The Kier molecular flexibility index (Phi) is 7.40. The maximum Gasteiger partial charge on any atom is 0.331 e. The fourth-order valence-corrected chi connectivity index (χ4v) is 13.3. The lowest BCUT2D eigenvalue weighted by Gasteiger charge is -2.75. The van der Waals surface area contributed by atoms with E-state index in [0.29, 0.717) is 23.7 Å². The maximum absolute atomic E-state index is 13.0. The molecule has 5 aliphatic rings. The molecule has 4 heteroatoms. The molecule has 5 fully saturated rings. The molecule has 0 aliphatic heterocycles. The number of benzene rings is 1. The topological polar surface area (TPSA) is 66.8 Å². The Hall–Kier alpha value is -2.07. The fourth-order valence-electron chi connectivity index (χ4n) is 13.3. The second kappa shape index (κ2) is 10.2. The molecule has 0 amide bonds. The van der Waals surface area contributed by atoms with Crippen molar-refractivity contribution in [3.63, 3.8) is 0 Å². The molecule has 0 bridgehead atoms. The number of carbonyl (C=O) groups is 1. The number of fused-ring (bicyclic) bond motifs is 7. The molecular weight excluding hydrogens is 544 g/mol. The van der Waals surface area contributed by atoms with Crippen LogP contribution in [0.15, 0.2) is 42.5 Å². The Bertz CT molecular complexity index is 1340. The molecule has 2 N–H and O–H groups in total. The van der Waals surface area contributed by atoms with Crippen LogP contribution < -0.4 is 0 Å². The van der Waals surface area contributed by atoms with Gasteiger partial charge in [-0.05, 0) is 139 Å². The van der Waals surface area contributed by atoms with Gasteiger partial charge in [-0.2, -0.15) is 0 Å². The van der Waals surface area contributed by atoms with E-state index in [1.54, 1.807) is 30.3 Å². The van der Waals surface area contributed by atoms with Gasteiger partial charge in [-0.1, -0.05) is 72.8 Å². The number of esters is 1. The number of phenolic OH excluding ortho intramolecular Hbond substituents is 1. The smallest absolute Gasteiger partial charge is 0.331 e. The number of ether oxygens (including phenoxy) is 1. The van der Waals surface area contributed by atoms with E-state index in [2.05, 4.69) is 62.0 Å². The van der Waals surface area contributed by atoms with E-state index in [0.717, 1.165) is 44.1 Å². The van der Waals surface area contributed by atoms with Crippen molar-refractivity contribution in [2.75, 3.05) is 0 Å². The minimum atomic E-state index is -0.287. The summed E-state index contributed by atoms with van der Waals surface area (Å²) in [5, 5.41) is 21.6. The number of aliphatic hydroxyl groups excluding tert-OH is 1. The van der Waals surface area contributed by atoms with E-state index in [9.17, 15) is 15.0 Å². The minimum absolute atomic E-state index is 0.0498. The number of aliphatic hydroxyl groups is 1. The zero-order valence-electron chi connectivity index (χ0n) is 28.7. The average Bonchev–Trinajstić information content (AvgIpc) is 3.23. The molecule has 0 spiro atoms. The van der Waals surface area contributed by atoms with Crippen LogP contribution in [0.4, 0.5) is 0 Å². The third-order valence-corrected chi connectivity index (χ3v) is 15.9. The zero-order chi connectivity index (χ0) is 32.1. The van der Waals surface area contributed by atoms with Crippen LogP contribution in [0.5, 0.6) is 5.75 Å². The summed E-state index contributed by atoms with van der Waals surface area (Å²) in [5.41, 5.74) is 2.46. The Labute approximate surface area is 266 Å². The first kappa shape index (κ1) is 31.9. The third kappa shape index (κ3) is 4.14. The monoisotopic (exact) mass is 602 g/mol. The van der Waals surface area contributed by atoms with Crippen LogP contribution in [0.25, 0.3) is 6.08 Å². The van der Waals surface area contributed by atoms with Crippen LogP contribution in [0, 0.1) is 56.2 Å². The zero-order valence-corrected chi connectivity index (χ0v) is 28.7. The lowest BCUT2D eigenvalue weighted by atomic mass is 9.30.